The van der Waals surface area contributed by atoms with Crippen molar-refractivity contribution in [2.24, 2.45) is 0 Å². The lowest BCUT2D eigenvalue weighted by molar-refractivity contribution is -0.123. The minimum atomic E-state index is -0.277. The Balaban J connectivity index is 1.35. The van der Waals surface area contributed by atoms with Crippen LogP contribution >= 0.6 is 0 Å². The van der Waals surface area contributed by atoms with E-state index in [0.29, 0.717) is 5.75 Å². The number of aromatic nitrogens is 3. The van der Waals surface area contributed by atoms with Crippen LogP contribution in [0, 0.1) is 0 Å². The van der Waals surface area contributed by atoms with E-state index in [0.717, 1.165) is 61.3 Å². The summed E-state index contributed by atoms with van der Waals surface area (Å²) < 4.78 is 18.5. The molecular weight excluding hydrogens is 434 g/mol. The highest BCUT2D eigenvalue weighted by Crippen LogP contribution is 2.26. The number of nitrogens with zero attached hydrogens (tertiary/aromatic N) is 4. The Morgan fingerprint density at radius 1 is 1.03 bits per heavy atom. The number of carbonyl (C=O) groups excluding carboxylic acids is 1. The first-order valence-electron chi connectivity index (χ1n) is 11.4. The van der Waals surface area contributed by atoms with Gasteiger partial charge in [-0.25, -0.2) is 0 Å². The highest BCUT2D eigenvalue weighted by atomic mass is 16.5. The molecule has 1 atom stereocenters. The highest BCUT2D eigenvalue weighted by Gasteiger charge is 2.23. The summed E-state index contributed by atoms with van der Waals surface area (Å²) in [6.07, 6.45) is 0.781. The first kappa shape index (κ1) is 23.6. The Bertz CT molecular complexity index is 1100. The number of methoxy groups -OCH3 is 2. The molecule has 0 spiro atoms. The molecule has 0 aliphatic carbocycles. The van der Waals surface area contributed by atoms with Crippen LogP contribution in [-0.2, 0) is 24.3 Å². The summed E-state index contributed by atoms with van der Waals surface area (Å²) in [5.41, 5.74) is 1.11. The smallest absolute Gasteiger partial charge is 0.258 e. The van der Waals surface area contributed by atoms with E-state index < -0.39 is 0 Å². The maximum Gasteiger partial charge on any atom is 0.258 e. The van der Waals surface area contributed by atoms with Gasteiger partial charge in [-0.05, 0) is 25.1 Å². The first-order valence-corrected chi connectivity index (χ1v) is 11.4. The van der Waals surface area contributed by atoms with Gasteiger partial charge < -0.3 is 24.1 Å². The van der Waals surface area contributed by atoms with Gasteiger partial charge in [0.2, 0.25) is 0 Å². The minimum absolute atomic E-state index is 0.0488. The van der Waals surface area contributed by atoms with E-state index >= 15 is 0 Å². The molecule has 0 saturated carbocycles. The van der Waals surface area contributed by atoms with Gasteiger partial charge in [0.15, 0.2) is 12.4 Å². The maximum atomic E-state index is 12.4. The van der Waals surface area contributed by atoms with E-state index in [9.17, 15) is 4.79 Å². The van der Waals surface area contributed by atoms with Crippen LogP contribution < -0.4 is 19.5 Å². The summed E-state index contributed by atoms with van der Waals surface area (Å²) in [6, 6.07) is 14.9. The lowest BCUT2D eigenvalue weighted by atomic mass is 10.1. The van der Waals surface area contributed by atoms with Crippen LogP contribution in [0.5, 0.6) is 17.2 Å². The molecule has 9 nitrogen and oxygen atoms in total. The molecule has 1 aliphatic rings. The topological polar surface area (TPSA) is 90.7 Å². The minimum Gasteiger partial charge on any atom is -0.497 e. The summed E-state index contributed by atoms with van der Waals surface area (Å²) in [5.74, 6) is 3.74. The standard InChI is InChI=1S/C25H31N5O4/c1-18(26-24(31)17-34-20-7-5-4-6-8-20)25-28-27-23-11-12-29(13-14-30(23)25)16-19-9-10-21(32-2)15-22(19)33-3/h4-10,15,18H,11-14,16-17H2,1-3H3,(H,26,31)/t18-/m0/s1. The third-order valence-electron chi connectivity index (χ3n) is 5.91. The zero-order valence-corrected chi connectivity index (χ0v) is 19.9. The molecule has 1 amide bonds. The molecule has 34 heavy (non-hydrogen) atoms. The van der Waals surface area contributed by atoms with Crippen molar-refractivity contribution < 1.29 is 19.0 Å². The molecule has 0 bridgehead atoms. The number of para-hydroxylation sites is 1. The number of nitrogens with one attached hydrogen (secondary N) is 1. The van der Waals surface area contributed by atoms with Crippen molar-refractivity contribution in [3.8, 4) is 17.2 Å². The Hall–Kier alpha value is -3.59. The Labute approximate surface area is 199 Å². The molecule has 4 rings (SSSR count). The molecule has 1 aromatic heterocycles. The van der Waals surface area contributed by atoms with E-state index in [-0.39, 0.29) is 18.6 Å². The fraction of sp³-hybridized carbons (Fsp3) is 0.400. The molecule has 2 heterocycles. The van der Waals surface area contributed by atoms with E-state index in [2.05, 4.69) is 25.0 Å². The number of amides is 1. The quantitative estimate of drug-likeness (QED) is 0.519. The molecule has 1 N–H and O–H groups in total. The highest BCUT2D eigenvalue weighted by molar-refractivity contribution is 5.77. The van der Waals surface area contributed by atoms with Crippen LogP contribution in [0.4, 0.5) is 0 Å². The molecule has 0 radical (unpaired) electrons. The van der Waals surface area contributed by atoms with Crippen LogP contribution in [0.25, 0.3) is 0 Å². The van der Waals surface area contributed by atoms with Crippen molar-refractivity contribution in [2.45, 2.75) is 32.5 Å². The van der Waals surface area contributed by atoms with Crippen LogP contribution in [0.1, 0.15) is 30.2 Å². The van der Waals surface area contributed by atoms with Crippen molar-refractivity contribution in [1.29, 1.82) is 0 Å². The number of fused-ring (bicyclic) bond motifs is 1. The average molecular weight is 466 g/mol. The van der Waals surface area contributed by atoms with Crippen LogP contribution in [0.15, 0.2) is 48.5 Å². The number of hydrogen-bond donors (Lipinski definition) is 1. The van der Waals surface area contributed by atoms with E-state index in [1.807, 2.05) is 55.5 Å². The van der Waals surface area contributed by atoms with Crippen LogP contribution in [0.2, 0.25) is 0 Å². The Morgan fingerprint density at radius 3 is 2.62 bits per heavy atom. The van der Waals surface area contributed by atoms with Gasteiger partial charge in [-0.15, -0.1) is 10.2 Å². The molecule has 0 unspecified atom stereocenters. The first-order chi connectivity index (χ1) is 16.6. The van der Waals surface area contributed by atoms with Crippen molar-refractivity contribution in [3.63, 3.8) is 0 Å². The van der Waals surface area contributed by atoms with Gasteiger partial charge in [0, 0.05) is 44.2 Å². The number of ether oxygens (including phenoxy) is 3. The van der Waals surface area contributed by atoms with Crippen molar-refractivity contribution in [1.82, 2.24) is 25.0 Å². The molecule has 0 saturated heterocycles. The zero-order chi connectivity index (χ0) is 23.9. The average Bonchev–Trinajstić information content (AvgIpc) is 3.17. The Kier molecular flexibility index (Phi) is 7.64. The maximum absolute atomic E-state index is 12.4. The summed E-state index contributed by atoms with van der Waals surface area (Å²) in [5, 5.41) is 11.7. The van der Waals surface area contributed by atoms with Gasteiger partial charge in [0.25, 0.3) is 5.91 Å². The van der Waals surface area contributed by atoms with Crippen LogP contribution in [-0.4, -0.2) is 59.5 Å². The van der Waals surface area contributed by atoms with E-state index in [4.69, 9.17) is 14.2 Å². The number of rotatable bonds is 9. The molecule has 3 aromatic rings. The van der Waals surface area contributed by atoms with E-state index in [1.165, 1.54) is 0 Å². The van der Waals surface area contributed by atoms with Gasteiger partial charge in [0.1, 0.15) is 23.1 Å². The monoisotopic (exact) mass is 465 g/mol. The molecule has 0 fully saturated rings. The third kappa shape index (κ3) is 5.66. The molecule has 180 valence electrons. The predicted molar refractivity (Wildman–Crippen MR) is 127 cm³/mol. The van der Waals surface area contributed by atoms with E-state index in [1.54, 1.807) is 14.2 Å². The fourth-order valence-electron chi connectivity index (χ4n) is 4.10. The second-order valence-electron chi connectivity index (χ2n) is 8.22. The van der Waals surface area contributed by atoms with Gasteiger partial charge in [-0.2, -0.15) is 0 Å². The SMILES string of the molecule is COc1ccc(CN2CCc3nnc([C@H](C)NC(=O)COc4ccccc4)n3CC2)c(OC)c1. The lowest BCUT2D eigenvalue weighted by Crippen LogP contribution is -2.33. The zero-order valence-electron chi connectivity index (χ0n) is 19.9. The summed E-state index contributed by atoms with van der Waals surface area (Å²) in [4.78, 5) is 14.8. The van der Waals surface area contributed by atoms with Gasteiger partial charge >= 0.3 is 0 Å². The second kappa shape index (κ2) is 11.0. The Morgan fingerprint density at radius 2 is 1.85 bits per heavy atom. The second-order valence-corrected chi connectivity index (χ2v) is 8.22. The lowest BCUT2D eigenvalue weighted by Gasteiger charge is -2.21. The predicted octanol–water partition coefficient (Wildman–Crippen LogP) is 2.61. The van der Waals surface area contributed by atoms with Gasteiger partial charge in [0.05, 0.1) is 20.3 Å². The number of hydrogen-bond acceptors (Lipinski definition) is 7. The number of benzene rings is 2. The normalized spacial score (nSPS) is 14.6. The number of carbonyl (C=O) groups is 1. The third-order valence-corrected chi connectivity index (χ3v) is 5.91. The van der Waals surface area contributed by atoms with Gasteiger partial charge in [-0.3, -0.25) is 9.69 Å². The van der Waals surface area contributed by atoms with Gasteiger partial charge in [-0.1, -0.05) is 24.3 Å². The molecule has 1 aliphatic heterocycles. The summed E-state index contributed by atoms with van der Waals surface area (Å²) in [6.45, 7) is 5.08. The summed E-state index contributed by atoms with van der Waals surface area (Å²) in [7, 11) is 3.32. The molecular formula is C25H31N5O4. The molecule has 2 aromatic carbocycles. The summed E-state index contributed by atoms with van der Waals surface area (Å²) >= 11 is 0. The fourth-order valence-corrected chi connectivity index (χ4v) is 4.10. The molecule has 9 heteroatoms. The van der Waals surface area contributed by atoms with Crippen LogP contribution in [0.3, 0.4) is 0 Å². The largest absolute Gasteiger partial charge is 0.497 e. The van der Waals surface area contributed by atoms with Crippen molar-refractivity contribution in [3.05, 3.63) is 65.7 Å². The van der Waals surface area contributed by atoms with Crippen molar-refractivity contribution in [2.75, 3.05) is 33.9 Å². The van der Waals surface area contributed by atoms with Crippen molar-refractivity contribution >= 4 is 5.91 Å².